The molecule has 0 spiro atoms. The van der Waals surface area contributed by atoms with Gasteiger partial charge in [0.2, 0.25) is 0 Å². The smallest absolute Gasteiger partial charge is 0.407 e. The summed E-state index contributed by atoms with van der Waals surface area (Å²) in [5, 5.41) is 3.36. The Morgan fingerprint density at radius 2 is 1.74 bits per heavy atom. The van der Waals surface area contributed by atoms with Crippen molar-refractivity contribution < 1.29 is 27.5 Å². The van der Waals surface area contributed by atoms with Crippen LogP contribution in [0.15, 0.2) is 59.6 Å². The minimum absolute atomic E-state index is 0.0502. The van der Waals surface area contributed by atoms with Crippen molar-refractivity contribution in [2.75, 3.05) is 13.2 Å². The molecule has 3 rings (SSSR count). The van der Waals surface area contributed by atoms with Crippen molar-refractivity contribution in [2.24, 2.45) is 5.92 Å². The topological polar surface area (TPSA) is 104 Å². The predicted molar refractivity (Wildman–Crippen MR) is 134 cm³/mol. The number of nitrogens with one attached hydrogen (secondary N) is 1. The Kier molecular flexibility index (Phi) is 7.90. The number of fused-ring (bicyclic) bond motifs is 1. The number of hydrogen-bond donors (Lipinski definition) is 1. The van der Waals surface area contributed by atoms with E-state index >= 15 is 0 Å². The molecule has 0 aliphatic heterocycles. The Morgan fingerprint density at radius 3 is 2.37 bits per heavy atom. The number of hydrogen-bond acceptors (Lipinski definition) is 6. The highest BCUT2D eigenvalue weighted by molar-refractivity contribution is 7.90. The largest absolute Gasteiger partial charge is 0.466 e. The molecule has 0 saturated carbocycles. The first-order valence-electron chi connectivity index (χ1n) is 11.5. The van der Waals surface area contributed by atoms with E-state index in [4.69, 9.17) is 9.47 Å². The van der Waals surface area contributed by atoms with Crippen LogP contribution >= 0.6 is 0 Å². The number of aromatic nitrogens is 1. The summed E-state index contributed by atoms with van der Waals surface area (Å²) in [5.41, 5.74) is 1.67. The van der Waals surface area contributed by atoms with E-state index in [-0.39, 0.29) is 18.0 Å². The SMILES string of the molecule is CCOC(=O)C(CNC(=O)OC(C)(C)C)Cc1ccc2c(ccn2S(=O)(=O)c2ccc(C)cc2)c1. The molecular formula is C26H32N2O6S. The van der Waals surface area contributed by atoms with Crippen LogP contribution in [0, 0.1) is 12.8 Å². The highest BCUT2D eigenvalue weighted by Gasteiger charge is 2.24. The monoisotopic (exact) mass is 500 g/mol. The summed E-state index contributed by atoms with van der Waals surface area (Å²) in [4.78, 5) is 24.8. The van der Waals surface area contributed by atoms with Crippen molar-refractivity contribution in [2.45, 2.75) is 51.5 Å². The number of alkyl carbamates (subject to hydrolysis) is 1. The average Bonchev–Trinajstić information content (AvgIpc) is 3.20. The molecule has 0 aliphatic rings. The molecule has 0 fully saturated rings. The van der Waals surface area contributed by atoms with E-state index in [0.29, 0.717) is 11.9 Å². The quantitative estimate of drug-likeness (QED) is 0.459. The van der Waals surface area contributed by atoms with Gasteiger partial charge in [-0.05, 0) is 76.9 Å². The van der Waals surface area contributed by atoms with Gasteiger partial charge in [-0.3, -0.25) is 4.79 Å². The van der Waals surface area contributed by atoms with Gasteiger partial charge in [0.05, 0.1) is 22.9 Å². The van der Waals surface area contributed by atoms with Gasteiger partial charge in [-0.15, -0.1) is 0 Å². The lowest BCUT2D eigenvalue weighted by Crippen LogP contribution is -2.38. The summed E-state index contributed by atoms with van der Waals surface area (Å²) in [6, 6.07) is 13.8. The zero-order valence-electron chi connectivity index (χ0n) is 20.7. The summed E-state index contributed by atoms with van der Waals surface area (Å²) >= 11 is 0. The van der Waals surface area contributed by atoms with Gasteiger partial charge in [0, 0.05) is 18.1 Å². The fourth-order valence-electron chi connectivity index (χ4n) is 3.63. The van der Waals surface area contributed by atoms with Crippen LogP contribution in [0.4, 0.5) is 4.79 Å². The van der Waals surface area contributed by atoms with Gasteiger partial charge < -0.3 is 14.8 Å². The summed E-state index contributed by atoms with van der Waals surface area (Å²) in [6.07, 6.45) is 1.22. The normalized spacial score (nSPS) is 12.8. The number of amides is 1. The van der Waals surface area contributed by atoms with Crippen LogP contribution in [-0.2, 0) is 30.7 Å². The molecule has 1 amide bonds. The molecule has 0 bridgehead atoms. The van der Waals surface area contributed by atoms with Gasteiger partial charge in [-0.25, -0.2) is 17.2 Å². The first-order valence-corrected chi connectivity index (χ1v) is 12.9. The summed E-state index contributed by atoms with van der Waals surface area (Å²) in [5.74, 6) is -1.05. The van der Waals surface area contributed by atoms with E-state index in [9.17, 15) is 18.0 Å². The van der Waals surface area contributed by atoms with Gasteiger partial charge in [-0.1, -0.05) is 23.8 Å². The fraction of sp³-hybridized carbons (Fsp3) is 0.385. The Bertz CT molecular complexity index is 1300. The first-order chi connectivity index (χ1) is 16.4. The molecule has 8 nitrogen and oxygen atoms in total. The third kappa shape index (κ3) is 6.63. The van der Waals surface area contributed by atoms with Crippen LogP contribution in [-0.4, -0.2) is 43.2 Å². The number of ether oxygens (including phenoxy) is 2. The summed E-state index contributed by atoms with van der Waals surface area (Å²) in [6.45, 7) is 9.17. The van der Waals surface area contributed by atoms with Crippen molar-refractivity contribution in [3.05, 3.63) is 65.9 Å². The number of rotatable bonds is 8. The lowest BCUT2D eigenvalue weighted by atomic mass is 9.98. The van der Waals surface area contributed by atoms with Gasteiger partial charge in [0.15, 0.2) is 0 Å². The number of carbonyl (C=O) groups excluding carboxylic acids is 2. The lowest BCUT2D eigenvalue weighted by molar-refractivity contribution is -0.147. The molecule has 0 saturated heterocycles. The molecule has 1 atom stereocenters. The van der Waals surface area contributed by atoms with Crippen molar-refractivity contribution >= 4 is 33.0 Å². The van der Waals surface area contributed by atoms with E-state index in [1.54, 1.807) is 70.2 Å². The fourth-order valence-corrected chi connectivity index (χ4v) is 4.98. The zero-order chi connectivity index (χ0) is 25.8. The van der Waals surface area contributed by atoms with Crippen LogP contribution < -0.4 is 5.32 Å². The Morgan fingerprint density at radius 1 is 1.06 bits per heavy atom. The van der Waals surface area contributed by atoms with Crippen molar-refractivity contribution in [1.29, 1.82) is 0 Å². The molecule has 1 N–H and O–H groups in total. The van der Waals surface area contributed by atoms with Crippen molar-refractivity contribution in [1.82, 2.24) is 9.29 Å². The van der Waals surface area contributed by atoms with Crippen LogP contribution in [0.2, 0.25) is 0 Å². The first kappa shape index (κ1) is 26.3. The lowest BCUT2D eigenvalue weighted by Gasteiger charge is -2.21. The molecule has 0 aliphatic carbocycles. The minimum Gasteiger partial charge on any atom is -0.466 e. The molecule has 188 valence electrons. The highest BCUT2D eigenvalue weighted by atomic mass is 32.2. The Balaban J connectivity index is 1.82. The second kappa shape index (κ2) is 10.5. The maximum atomic E-state index is 13.1. The Hall–Kier alpha value is -3.33. The van der Waals surface area contributed by atoms with Crippen LogP contribution in [0.1, 0.15) is 38.8 Å². The maximum absolute atomic E-state index is 13.1. The molecule has 1 unspecified atom stereocenters. The van der Waals surface area contributed by atoms with E-state index in [1.807, 2.05) is 13.0 Å². The van der Waals surface area contributed by atoms with E-state index in [1.165, 1.54) is 10.2 Å². The maximum Gasteiger partial charge on any atom is 0.407 e. The number of aryl methyl sites for hydroxylation is 1. The number of carbonyl (C=O) groups is 2. The second-order valence-electron chi connectivity index (χ2n) is 9.36. The highest BCUT2D eigenvalue weighted by Crippen LogP contribution is 2.25. The van der Waals surface area contributed by atoms with Gasteiger partial charge in [0.25, 0.3) is 10.0 Å². The van der Waals surface area contributed by atoms with Crippen LogP contribution in [0.3, 0.4) is 0 Å². The second-order valence-corrected chi connectivity index (χ2v) is 11.2. The third-order valence-electron chi connectivity index (χ3n) is 5.29. The molecular weight excluding hydrogens is 468 g/mol. The minimum atomic E-state index is -3.75. The molecule has 1 aromatic heterocycles. The summed E-state index contributed by atoms with van der Waals surface area (Å²) in [7, 11) is -3.75. The van der Waals surface area contributed by atoms with Crippen LogP contribution in [0.5, 0.6) is 0 Å². The van der Waals surface area contributed by atoms with Crippen LogP contribution in [0.25, 0.3) is 10.9 Å². The molecule has 35 heavy (non-hydrogen) atoms. The van der Waals surface area contributed by atoms with Gasteiger partial charge in [0.1, 0.15) is 5.60 Å². The Labute approximate surface area is 206 Å². The third-order valence-corrected chi connectivity index (χ3v) is 6.99. The van der Waals surface area contributed by atoms with Crippen molar-refractivity contribution in [3.63, 3.8) is 0 Å². The average molecular weight is 501 g/mol. The molecule has 2 aromatic carbocycles. The van der Waals surface area contributed by atoms with E-state index in [2.05, 4.69) is 5.32 Å². The molecule has 0 radical (unpaired) electrons. The predicted octanol–water partition coefficient (Wildman–Crippen LogP) is 4.43. The molecule has 1 heterocycles. The van der Waals surface area contributed by atoms with E-state index < -0.39 is 33.6 Å². The standard InChI is InChI=1S/C26H32N2O6S/c1-6-33-24(29)21(17-27-25(30)34-26(3,4)5)16-19-9-12-23-20(15-19)13-14-28(23)35(31,32)22-10-7-18(2)8-11-22/h7-15,21H,6,16-17H2,1-5H3,(H,27,30). The van der Waals surface area contributed by atoms with E-state index in [0.717, 1.165) is 16.5 Å². The number of benzene rings is 2. The van der Waals surface area contributed by atoms with Gasteiger partial charge >= 0.3 is 12.1 Å². The number of esters is 1. The zero-order valence-corrected chi connectivity index (χ0v) is 21.5. The van der Waals surface area contributed by atoms with Gasteiger partial charge in [-0.2, -0.15) is 0 Å². The molecule has 9 heteroatoms. The molecule has 3 aromatic rings. The summed E-state index contributed by atoms with van der Waals surface area (Å²) < 4.78 is 38.0. The number of nitrogens with zero attached hydrogens (tertiary/aromatic N) is 1. The van der Waals surface area contributed by atoms with Crippen molar-refractivity contribution in [3.8, 4) is 0 Å².